The van der Waals surface area contributed by atoms with Crippen LogP contribution in [0.4, 0.5) is 0 Å². The minimum atomic E-state index is -3.09. The van der Waals surface area contributed by atoms with Crippen molar-refractivity contribution in [2.45, 2.75) is 46.2 Å². The Balaban J connectivity index is 4.81. The summed E-state index contributed by atoms with van der Waals surface area (Å²) in [6, 6.07) is 2.49. The molecule has 7 nitrogen and oxygen atoms in total. The molecule has 0 spiro atoms. The third-order valence-electron chi connectivity index (χ3n) is 2.79. The highest BCUT2D eigenvalue weighted by atomic mass is 31.2. The van der Waals surface area contributed by atoms with E-state index in [0.717, 1.165) is 0 Å². The lowest BCUT2D eigenvalue weighted by Crippen LogP contribution is -2.33. The van der Waals surface area contributed by atoms with Crippen LogP contribution in [0.15, 0.2) is 12.3 Å². The summed E-state index contributed by atoms with van der Waals surface area (Å²) < 4.78 is 35.2. The molecule has 0 aliphatic carbocycles. The summed E-state index contributed by atoms with van der Waals surface area (Å²) in [5, 5.41) is 8.64. The maximum Gasteiger partial charge on any atom is 0.333 e. The van der Waals surface area contributed by atoms with E-state index in [9.17, 15) is 4.57 Å². The molecule has 9 heteroatoms. The maximum atomic E-state index is 11.9. The monoisotopic (exact) mass is 366 g/mol. The van der Waals surface area contributed by atoms with Crippen molar-refractivity contribution in [3.63, 3.8) is 0 Å². The van der Waals surface area contributed by atoms with E-state index in [0.29, 0.717) is 13.0 Å². The van der Waals surface area contributed by atoms with Gasteiger partial charge in [0.25, 0.3) is 0 Å². The molecular formula is C14H28N2O5P2. The van der Waals surface area contributed by atoms with Gasteiger partial charge in [0.1, 0.15) is 0 Å². The molecular weight excluding hydrogens is 338 g/mol. The van der Waals surface area contributed by atoms with Crippen LogP contribution in [0.1, 0.15) is 34.1 Å². The van der Waals surface area contributed by atoms with E-state index in [2.05, 4.69) is 32.4 Å². The smallest absolute Gasteiger partial charge is 0.333 e. The number of hydrogen-bond donors (Lipinski definition) is 0. The molecule has 134 valence electrons. The van der Waals surface area contributed by atoms with E-state index in [4.69, 9.17) is 23.4 Å². The molecule has 0 aliphatic heterocycles. The molecule has 0 bridgehead atoms. The Bertz CT molecular complexity index is 421. The molecule has 0 amide bonds. The van der Waals surface area contributed by atoms with Gasteiger partial charge in [0.05, 0.1) is 31.5 Å². The number of nitriles is 1. The Hall–Kier alpha value is -0.470. The summed E-state index contributed by atoms with van der Waals surface area (Å²) in [5.74, 6) is 0. The van der Waals surface area contributed by atoms with Crippen LogP contribution < -0.4 is 0 Å². The standard InChI is InChI=1S/C14H28N2O5P2/c1-13(2)16(14(3)4)22(20-10-7-9-15)21-11-8-12-23(17,18-5)19-6/h8,11,13-14H,7,10,12H2,1-6H3/b11-8+. The van der Waals surface area contributed by atoms with E-state index in [1.54, 1.807) is 6.08 Å². The molecule has 23 heavy (non-hydrogen) atoms. The Morgan fingerprint density at radius 2 is 1.78 bits per heavy atom. The number of allylic oxidation sites excluding steroid dienone is 1. The van der Waals surface area contributed by atoms with Gasteiger partial charge in [0.15, 0.2) is 0 Å². The van der Waals surface area contributed by atoms with E-state index < -0.39 is 16.1 Å². The number of rotatable bonds is 12. The minimum Gasteiger partial charge on any atom is -0.444 e. The zero-order valence-corrected chi connectivity index (χ0v) is 16.5. The molecule has 0 N–H and O–H groups in total. The predicted molar refractivity (Wildman–Crippen MR) is 91.9 cm³/mol. The lowest BCUT2D eigenvalue weighted by molar-refractivity contribution is 0.208. The Morgan fingerprint density at radius 1 is 1.22 bits per heavy atom. The summed E-state index contributed by atoms with van der Waals surface area (Å²) in [5.41, 5.74) is 0. The lowest BCUT2D eigenvalue weighted by Gasteiger charge is -2.34. The highest BCUT2D eigenvalue weighted by Gasteiger charge is 2.27. The minimum absolute atomic E-state index is 0.116. The van der Waals surface area contributed by atoms with E-state index >= 15 is 0 Å². The van der Waals surface area contributed by atoms with Crippen LogP contribution in [0.5, 0.6) is 0 Å². The zero-order valence-electron chi connectivity index (χ0n) is 14.8. The van der Waals surface area contributed by atoms with Gasteiger partial charge in [-0.25, -0.2) is 4.67 Å². The number of nitrogens with zero attached hydrogens (tertiary/aromatic N) is 2. The second-order valence-corrected chi connectivity index (χ2v) is 8.91. The molecule has 0 aromatic rings. The quantitative estimate of drug-likeness (QED) is 0.290. The van der Waals surface area contributed by atoms with Gasteiger partial charge < -0.3 is 18.1 Å². The first-order chi connectivity index (χ1) is 10.8. The van der Waals surface area contributed by atoms with Crippen LogP contribution >= 0.6 is 16.1 Å². The van der Waals surface area contributed by atoms with Crippen LogP contribution in [0.25, 0.3) is 0 Å². The predicted octanol–water partition coefficient (Wildman–Crippen LogP) is 4.28. The van der Waals surface area contributed by atoms with Gasteiger partial charge in [-0.1, -0.05) is 0 Å². The van der Waals surface area contributed by atoms with Crippen LogP contribution in [-0.4, -0.2) is 43.7 Å². The van der Waals surface area contributed by atoms with Gasteiger partial charge in [0.2, 0.25) is 0 Å². The molecule has 0 aromatic carbocycles. The second kappa shape index (κ2) is 12.0. The normalized spacial score (nSPS) is 13.9. The molecule has 0 aromatic heterocycles. The third-order valence-corrected chi connectivity index (χ3v) is 6.57. The average Bonchev–Trinajstić information content (AvgIpc) is 2.50. The van der Waals surface area contributed by atoms with Gasteiger partial charge in [-0.15, -0.1) is 0 Å². The van der Waals surface area contributed by atoms with Gasteiger partial charge in [0, 0.05) is 26.3 Å². The topological polar surface area (TPSA) is 81.0 Å². The van der Waals surface area contributed by atoms with Gasteiger partial charge in [-0.3, -0.25) is 4.57 Å². The largest absolute Gasteiger partial charge is 0.444 e. The summed E-state index contributed by atoms with van der Waals surface area (Å²) in [6.07, 6.45) is 3.47. The summed E-state index contributed by atoms with van der Waals surface area (Å²) in [6.45, 7) is 8.53. The van der Waals surface area contributed by atoms with Gasteiger partial charge in [-0.05, 0) is 33.8 Å². The average molecular weight is 366 g/mol. The maximum absolute atomic E-state index is 11.9. The summed E-state index contributed by atoms with van der Waals surface area (Å²) in [4.78, 5) is 0. The van der Waals surface area contributed by atoms with Crippen LogP contribution in [0, 0.1) is 11.3 Å². The molecule has 0 saturated carbocycles. The first kappa shape index (κ1) is 22.5. The second-order valence-electron chi connectivity index (χ2n) is 5.18. The van der Waals surface area contributed by atoms with Crippen molar-refractivity contribution in [3.8, 4) is 6.07 Å². The summed E-state index contributed by atoms with van der Waals surface area (Å²) >= 11 is 0. The van der Waals surface area contributed by atoms with Crippen molar-refractivity contribution < 1.29 is 22.7 Å². The fourth-order valence-electron chi connectivity index (χ4n) is 1.79. The van der Waals surface area contributed by atoms with Gasteiger partial charge in [-0.2, -0.15) is 5.26 Å². The fourth-order valence-corrected chi connectivity index (χ4v) is 4.07. The first-order valence-corrected chi connectivity index (χ1v) is 10.3. The molecule has 0 aliphatic rings. The van der Waals surface area contributed by atoms with Gasteiger partial charge >= 0.3 is 16.1 Å². The van der Waals surface area contributed by atoms with Crippen LogP contribution in [0.2, 0.25) is 0 Å². The Kier molecular flexibility index (Phi) is 11.7. The zero-order chi connectivity index (χ0) is 17.9. The fraction of sp³-hybridized carbons (Fsp3) is 0.786. The van der Waals surface area contributed by atoms with Crippen molar-refractivity contribution in [3.05, 3.63) is 12.3 Å². The third kappa shape index (κ3) is 8.81. The summed E-state index contributed by atoms with van der Waals surface area (Å²) in [7, 11) is -1.75. The molecule has 0 fully saturated rings. The first-order valence-electron chi connectivity index (χ1n) is 7.41. The highest BCUT2D eigenvalue weighted by Crippen LogP contribution is 2.48. The van der Waals surface area contributed by atoms with Crippen LogP contribution in [-0.2, 0) is 22.7 Å². The SMILES string of the molecule is COP(=O)(C/C=C/OP(OCCC#N)N(C(C)C)C(C)C)OC. The number of hydrogen-bond acceptors (Lipinski definition) is 7. The van der Waals surface area contributed by atoms with E-state index in [1.807, 2.05) is 6.07 Å². The molecule has 1 unspecified atom stereocenters. The Morgan fingerprint density at radius 3 is 2.22 bits per heavy atom. The van der Waals surface area contributed by atoms with Crippen molar-refractivity contribution in [2.75, 3.05) is 27.0 Å². The van der Waals surface area contributed by atoms with Crippen LogP contribution in [0.3, 0.4) is 0 Å². The van der Waals surface area contributed by atoms with Crippen molar-refractivity contribution in [2.24, 2.45) is 0 Å². The van der Waals surface area contributed by atoms with Crippen molar-refractivity contribution >= 4 is 16.1 Å². The molecule has 1 atom stereocenters. The molecule has 0 saturated heterocycles. The molecule has 0 rings (SSSR count). The Labute approximate surface area is 141 Å². The van der Waals surface area contributed by atoms with Crippen molar-refractivity contribution in [1.82, 2.24) is 4.67 Å². The van der Waals surface area contributed by atoms with E-state index in [-0.39, 0.29) is 18.2 Å². The van der Waals surface area contributed by atoms with E-state index in [1.165, 1.54) is 20.5 Å². The highest BCUT2D eigenvalue weighted by molar-refractivity contribution is 7.54. The molecule has 0 heterocycles. The van der Waals surface area contributed by atoms with Crippen molar-refractivity contribution in [1.29, 1.82) is 5.26 Å². The lowest BCUT2D eigenvalue weighted by atomic mass is 10.3. The molecule has 0 radical (unpaired) electrons.